The van der Waals surface area contributed by atoms with Crippen molar-refractivity contribution in [2.24, 2.45) is 0 Å². The van der Waals surface area contributed by atoms with Crippen molar-refractivity contribution in [3.05, 3.63) is 51.8 Å². The van der Waals surface area contributed by atoms with Gasteiger partial charge in [-0.05, 0) is 63.9 Å². The van der Waals surface area contributed by atoms with E-state index < -0.39 is 0 Å². The second-order valence-corrected chi connectivity index (χ2v) is 6.98. The average Bonchev–Trinajstić information content (AvgIpc) is 2.57. The Balaban J connectivity index is 2.24. The van der Waals surface area contributed by atoms with Crippen molar-refractivity contribution in [2.45, 2.75) is 13.3 Å². The van der Waals surface area contributed by atoms with Crippen molar-refractivity contribution in [2.75, 3.05) is 34.4 Å². The first-order chi connectivity index (χ1) is 12.0. The van der Waals surface area contributed by atoms with Gasteiger partial charge in [0, 0.05) is 22.3 Å². The smallest absolute Gasteiger partial charge is 0.168 e. The van der Waals surface area contributed by atoms with Crippen LogP contribution in [0.1, 0.15) is 23.4 Å². The van der Waals surface area contributed by atoms with Gasteiger partial charge in [-0.3, -0.25) is 4.98 Å². The van der Waals surface area contributed by atoms with Gasteiger partial charge in [0.2, 0.25) is 0 Å². The van der Waals surface area contributed by atoms with E-state index in [0.717, 1.165) is 45.9 Å². The molecule has 0 atom stereocenters. The van der Waals surface area contributed by atoms with Crippen molar-refractivity contribution < 1.29 is 9.47 Å². The largest absolute Gasteiger partial charge is 0.493 e. The summed E-state index contributed by atoms with van der Waals surface area (Å²) in [6, 6.07) is 9.91. The summed E-state index contributed by atoms with van der Waals surface area (Å²) >= 11 is 3.54. The van der Waals surface area contributed by atoms with E-state index in [0.29, 0.717) is 6.61 Å². The van der Waals surface area contributed by atoms with Crippen molar-refractivity contribution in [3.63, 3.8) is 0 Å². The highest BCUT2D eigenvalue weighted by atomic mass is 79.9. The number of aromatic nitrogens is 1. The summed E-state index contributed by atoms with van der Waals surface area (Å²) in [5, 5.41) is 0. The van der Waals surface area contributed by atoms with Crippen LogP contribution in [0.2, 0.25) is 0 Å². The van der Waals surface area contributed by atoms with Crippen LogP contribution in [0.3, 0.4) is 0 Å². The van der Waals surface area contributed by atoms with Crippen LogP contribution >= 0.6 is 15.9 Å². The first kappa shape index (κ1) is 19.5. The predicted molar refractivity (Wildman–Crippen MR) is 107 cm³/mol. The predicted octanol–water partition coefficient (Wildman–Crippen LogP) is 4.66. The zero-order valence-electron chi connectivity index (χ0n) is 15.3. The standard InChI is InChI=1S/C20H25BrN2O2/c1-15-7-5-8-18(22-15)10-9-16-13-17(21)14-19(24-4)20(16)25-12-6-11-23(2)3/h5,7-10,13-14H,6,11-12H2,1-4H3. The molecule has 0 spiro atoms. The molecule has 0 amide bonds. The van der Waals surface area contributed by atoms with Crippen LogP contribution in [0.15, 0.2) is 34.8 Å². The number of pyridine rings is 1. The Morgan fingerprint density at radius 1 is 1.20 bits per heavy atom. The summed E-state index contributed by atoms with van der Waals surface area (Å²) in [5.41, 5.74) is 2.87. The topological polar surface area (TPSA) is 34.6 Å². The van der Waals surface area contributed by atoms with Gasteiger partial charge in [-0.2, -0.15) is 0 Å². The van der Waals surface area contributed by atoms with E-state index in [-0.39, 0.29) is 0 Å². The molecule has 0 fully saturated rings. The lowest BCUT2D eigenvalue weighted by atomic mass is 10.1. The molecule has 1 heterocycles. The molecule has 1 aromatic carbocycles. The first-order valence-corrected chi connectivity index (χ1v) is 9.05. The molecule has 4 nitrogen and oxygen atoms in total. The van der Waals surface area contributed by atoms with Crippen molar-refractivity contribution in [3.8, 4) is 11.5 Å². The molecule has 0 bridgehead atoms. The SMILES string of the molecule is COc1cc(Br)cc(C=Cc2cccc(C)n2)c1OCCCN(C)C. The van der Waals surface area contributed by atoms with Gasteiger partial charge in [0.1, 0.15) is 0 Å². The normalized spacial score (nSPS) is 11.3. The Labute approximate surface area is 158 Å². The first-order valence-electron chi connectivity index (χ1n) is 8.26. The zero-order valence-corrected chi connectivity index (χ0v) is 16.8. The molecule has 0 radical (unpaired) electrons. The molecule has 1 aromatic heterocycles. The van der Waals surface area contributed by atoms with Crippen LogP contribution in [-0.4, -0.2) is 44.2 Å². The molecule has 2 aromatic rings. The number of rotatable bonds is 8. The Hall–Kier alpha value is -1.85. The molecule has 0 saturated heterocycles. The quantitative estimate of drug-likeness (QED) is 0.599. The summed E-state index contributed by atoms with van der Waals surface area (Å²) < 4.78 is 12.5. The minimum absolute atomic E-state index is 0.639. The van der Waals surface area contributed by atoms with E-state index in [4.69, 9.17) is 9.47 Å². The summed E-state index contributed by atoms with van der Waals surface area (Å²) in [6.07, 6.45) is 4.95. The molecule has 2 rings (SSSR count). The Morgan fingerprint density at radius 3 is 2.68 bits per heavy atom. The summed E-state index contributed by atoms with van der Waals surface area (Å²) in [6.45, 7) is 3.61. The fourth-order valence-corrected chi connectivity index (χ4v) is 2.86. The summed E-state index contributed by atoms with van der Waals surface area (Å²) in [7, 11) is 5.77. The minimum Gasteiger partial charge on any atom is -0.493 e. The van der Waals surface area contributed by atoms with Gasteiger partial charge in [-0.1, -0.05) is 22.0 Å². The Morgan fingerprint density at radius 2 is 2.00 bits per heavy atom. The van der Waals surface area contributed by atoms with Crippen LogP contribution in [0.5, 0.6) is 11.5 Å². The van der Waals surface area contributed by atoms with Crippen LogP contribution in [0, 0.1) is 6.92 Å². The van der Waals surface area contributed by atoms with Gasteiger partial charge in [-0.25, -0.2) is 0 Å². The third-order valence-corrected chi connectivity index (χ3v) is 4.07. The molecule has 25 heavy (non-hydrogen) atoms. The molecule has 5 heteroatoms. The highest BCUT2D eigenvalue weighted by Crippen LogP contribution is 2.36. The van der Waals surface area contributed by atoms with Gasteiger partial charge in [-0.15, -0.1) is 0 Å². The van der Waals surface area contributed by atoms with E-state index in [9.17, 15) is 0 Å². The Bertz CT molecular complexity index is 730. The summed E-state index contributed by atoms with van der Waals surface area (Å²) in [4.78, 5) is 6.65. The second-order valence-electron chi connectivity index (χ2n) is 6.07. The average molecular weight is 405 g/mol. The van der Waals surface area contributed by atoms with E-state index in [1.165, 1.54) is 0 Å². The van der Waals surface area contributed by atoms with Gasteiger partial charge >= 0.3 is 0 Å². The molecule has 134 valence electrons. The maximum Gasteiger partial charge on any atom is 0.168 e. The molecule has 0 saturated carbocycles. The zero-order chi connectivity index (χ0) is 18.2. The van der Waals surface area contributed by atoms with Crippen LogP contribution < -0.4 is 9.47 Å². The monoisotopic (exact) mass is 404 g/mol. The van der Waals surface area contributed by atoms with Crippen molar-refractivity contribution >= 4 is 28.1 Å². The number of methoxy groups -OCH3 is 1. The molecule has 0 unspecified atom stereocenters. The second kappa shape index (κ2) is 9.59. The maximum atomic E-state index is 6.03. The lowest BCUT2D eigenvalue weighted by Crippen LogP contribution is -2.15. The minimum atomic E-state index is 0.639. The highest BCUT2D eigenvalue weighted by Gasteiger charge is 2.11. The molecular weight excluding hydrogens is 380 g/mol. The fraction of sp³-hybridized carbons (Fsp3) is 0.350. The highest BCUT2D eigenvalue weighted by molar-refractivity contribution is 9.10. The van der Waals surface area contributed by atoms with E-state index in [2.05, 4.69) is 39.9 Å². The van der Waals surface area contributed by atoms with Gasteiger partial charge in [0.15, 0.2) is 11.5 Å². The molecule has 0 N–H and O–H groups in total. The number of hydrogen-bond donors (Lipinski definition) is 0. The number of ether oxygens (including phenoxy) is 2. The van der Waals surface area contributed by atoms with E-state index in [1.807, 2.05) is 49.4 Å². The van der Waals surface area contributed by atoms with Crippen LogP contribution in [-0.2, 0) is 0 Å². The maximum absolute atomic E-state index is 6.03. The van der Waals surface area contributed by atoms with Gasteiger partial charge in [0.05, 0.1) is 19.4 Å². The number of halogens is 1. The molecule has 0 aliphatic heterocycles. The van der Waals surface area contributed by atoms with Gasteiger partial charge < -0.3 is 14.4 Å². The fourth-order valence-electron chi connectivity index (χ4n) is 2.41. The number of aryl methyl sites for hydroxylation is 1. The molecule has 0 aliphatic rings. The van der Waals surface area contributed by atoms with Crippen molar-refractivity contribution in [1.82, 2.24) is 9.88 Å². The molecular formula is C20H25BrN2O2. The lowest BCUT2D eigenvalue weighted by molar-refractivity contribution is 0.267. The third-order valence-electron chi connectivity index (χ3n) is 3.61. The van der Waals surface area contributed by atoms with Crippen LogP contribution in [0.4, 0.5) is 0 Å². The van der Waals surface area contributed by atoms with Crippen molar-refractivity contribution in [1.29, 1.82) is 0 Å². The number of nitrogens with zero attached hydrogens (tertiary/aromatic N) is 2. The Kier molecular flexibility index (Phi) is 7.47. The summed E-state index contributed by atoms with van der Waals surface area (Å²) in [5.74, 6) is 1.48. The number of hydrogen-bond acceptors (Lipinski definition) is 4. The van der Waals surface area contributed by atoms with E-state index in [1.54, 1.807) is 7.11 Å². The van der Waals surface area contributed by atoms with E-state index >= 15 is 0 Å². The van der Waals surface area contributed by atoms with Crippen LogP contribution in [0.25, 0.3) is 12.2 Å². The molecule has 0 aliphatic carbocycles. The number of benzene rings is 1. The lowest BCUT2D eigenvalue weighted by Gasteiger charge is -2.15. The third kappa shape index (κ3) is 6.18. The van der Waals surface area contributed by atoms with Gasteiger partial charge in [0.25, 0.3) is 0 Å².